The first-order chi connectivity index (χ1) is 15.4. The van der Waals surface area contributed by atoms with Gasteiger partial charge in [0, 0.05) is 25.7 Å². The minimum Gasteiger partial charge on any atom is -0.370 e. The smallest absolute Gasteiger partial charge is 0.264 e. The van der Waals surface area contributed by atoms with Crippen LogP contribution in [0.1, 0.15) is 23.2 Å². The number of amides is 1. The molecule has 1 aliphatic heterocycles. The van der Waals surface area contributed by atoms with Crippen molar-refractivity contribution in [3.63, 3.8) is 0 Å². The van der Waals surface area contributed by atoms with Crippen LogP contribution in [0, 0.1) is 5.82 Å². The fourth-order valence-electron chi connectivity index (χ4n) is 3.78. The largest absolute Gasteiger partial charge is 0.370 e. The maximum atomic E-state index is 14.6. The van der Waals surface area contributed by atoms with Gasteiger partial charge >= 0.3 is 0 Å². The highest BCUT2D eigenvalue weighted by Gasteiger charge is 2.24. The van der Waals surface area contributed by atoms with Crippen LogP contribution in [0.15, 0.2) is 77.7 Å². The summed E-state index contributed by atoms with van der Waals surface area (Å²) in [6, 6.07) is 19.1. The molecule has 0 aromatic heterocycles. The molecule has 0 unspecified atom stereocenters. The predicted molar refractivity (Wildman–Crippen MR) is 124 cm³/mol. The van der Waals surface area contributed by atoms with Gasteiger partial charge in [-0.2, -0.15) is 0 Å². The van der Waals surface area contributed by atoms with Gasteiger partial charge in [0.15, 0.2) is 0 Å². The third kappa shape index (κ3) is 4.31. The Labute approximate surface area is 187 Å². The molecular formula is C24H24FN3O3S. The summed E-state index contributed by atoms with van der Waals surface area (Å²) in [7, 11) is -2.42. The average Bonchev–Trinajstić information content (AvgIpc) is 3.35. The highest BCUT2D eigenvalue weighted by Crippen LogP contribution is 2.32. The normalized spacial score (nSPS) is 13.8. The quantitative estimate of drug-likeness (QED) is 0.597. The first-order valence-corrected chi connectivity index (χ1v) is 11.8. The highest BCUT2D eigenvalue weighted by molar-refractivity contribution is 7.92. The number of rotatable bonds is 6. The van der Waals surface area contributed by atoms with Crippen LogP contribution in [0.25, 0.3) is 0 Å². The zero-order chi connectivity index (χ0) is 22.7. The molecule has 0 saturated carbocycles. The molecule has 1 heterocycles. The number of hydrogen-bond donors (Lipinski definition) is 1. The van der Waals surface area contributed by atoms with Gasteiger partial charge < -0.3 is 10.2 Å². The van der Waals surface area contributed by atoms with E-state index in [-0.39, 0.29) is 16.1 Å². The number of halogens is 1. The van der Waals surface area contributed by atoms with Crippen LogP contribution in [0.2, 0.25) is 0 Å². The number of benzene rings is 3. The van der Waals surface area contributed by atoms with Gasteiger partial charge in [0.05, 0.1) is 16.3 Å². The topological polar surface area (TPSA) is 69.7 Å². The van der Waals surface area contributed by atoms with Crippen LogP contribution in [-0.2, 0) is 10.0 Å². The Morgan fingerprint density at radius 3 is 2.38 bits per heavy atom. The van der Waals surface area contributed by atoms with Crippen molar-refractivity contribution in [2.45, 2.75) is 17.7 Å². The summed E-state index contributed by atoms with van der Waals surface area (Å²) in [6.07, 6.45) is 2.03. The third-order valence-electron chi connectivity index (χ3n) is 5.55. The Morgan fingerprint density at radius 2 is 1.66 bits per heavy atom. The molecule has 0 aliphatic carbocycles. The number of carbonyl (C=O) groups excluding carboxylic acids is 1. The minimum absolute atomic E-state index is 0.0233. The van der Waals surface area contributed by atoms with Crippen LogP contribution in [-0.4, -0.2) is 34.5 Å². The average molecular weight is 454 g/mol. The third-order valence-corrected chi connectivity index (χ3v) is 7.33. The predicted octanol–water partition coefficient (Wildman–Crippen LogP) is 4.50. The lowest BCUT2D eigenvalue weighted by molar-refractivity contribution is 0.102. The molecule has 1 aliphatic rings. The van der Waals surface area contributed by atoms with E-state index in [4.69, 9.17) is 0 Å². The van der Waals surface area contributed by atoms with E-state index in [1.807, 2.05) is 4.90 Å². The van der Waals surface area contributed by atoms with Crippen molar-refractivity contribution in [2.24, 2.45) is 0 Å². The van der Waals surface area contributed by atoms with Crippen molar-refractivity contribution in [1.29, 1.82) is 0 Å². The zero-order valence-electron chi connectivity index (χ0n) is 17.7. The molecule has 1 saturated heterocycles. The number of anilines is 3. The second-order valence-electron chi connectivity index (χ2n) is 7.62. The first kappa shape index (κ1) is 21.8. The van der Waals surface area contributed by atoms with E-state index in [0.29, 0.717) is 11.4 Å². The second-order valence-corrected chi connectivity index (χ2v) is 9.59. The van der Waals surface area contributed by atoms with Crippen molar-refractivity contribution in [1.82, 2.24) is 0 Å². The number of carbonyl (C=O) groups is 1. The van der Waals surface area contributed by atoms with Crippen LogP contribution >= 0.6 is 0 Å². The monoisotopic (exact) mass is 453 g/mol. The van der Waals surface area contributed by atoms with E-state index in [0.717, 1.165) is 30.2 Å². The molecule has 166 valence electrons. The van der Waals surface area contributed by atoms with Crippen LogP contribution in [0.4, 0.5) is 21.5 Å². The summed E-state index contributed by atoms with van der Waals surface area (Å²) in [5.74, 6) is -1.11. The van der Waals surface area contributed by atoms with Crippen molar-refractivity contribution in [3.05, 3.63) is 84.2 Å². The molecule has 6 nitrogen and oxygen atoms in total. The van der Waals surface area contributed by atoms with Gasteiger partial charge in [0.1, 0.15) is 11.5 Å². The minimum atomic E-state index is -3.88. The molecule has 32 heavy (non-hydrogen) atoms. The lowest BCUT2D eigenvalue weighted by Crippen LogP contribution is -2.27. The molecule has 0 radical (unpaired) electrons. The Bertz CT molecular complexity index is 1230. The Kier molecular flexibility index (Phi) is 6.14. The number of hydrogen-bond acceptors (Lipinski definition) is 4. The standard InChI is InChI=1S/C24H24FN3O3S/c1-27(19-10-3-2-4-11-19)32(30,31)20-12-7-9-18(17-20)24(29)26-23-21(25)13-8-14-22(23)28-15-5-6-16-28/h2-4,7-14,17H,5-6,15-16H2,1H3,(H,26,29). The van der Waals surface area contributed by atoms with Crippen LogP contribution in [0.3, 0.4) is 0 Å². The summed E-state index contributed by atoms with van der Waals surface area (Å²) in [4.78, 5) is 15.0. The molecule has 8 heteroatoms. The van der Waals surface area contributed by atoms with Gasteiger partial charge in [-0.1, -0.05) is 30.3 Å². The fraction of sp³-hybridized carbons (Fsp3) is 0.208. The molecule has 3 aromatic rings. The first-order valence-electron chi connectivity index (χ1n) is 10.4. The van der Waals surface area contributed by atoms with Gasteiger partial charge in [0.25, 0.3) is 15.9 Å². The van der Waals surface area contributed by atoms with Crippen molar-refractivity contribution in [3.8, 4) is 0 Å². The van der Waals surface area contributed by atoms with Crippen molar-refractivity contribution < 1.29 is 17.6 Å². The SMILES string of the molecule is CN(c1ccccc1)S(=O)(=O)c1cccc(C(=O)Nc2c(F)cccc2N2CCCC2)c1. The molecule has 1 N–H and O–H groups in total. The molecular weight excluding hydrogens is 429 g/mol. The van der Waals surface area contributed by atoms with Crippen LogP contribution < -0.4 is 14.5 Å². The van der Waals surface area contributed by atoms with E-state index in [1.165, 1.54) is 37.4 Å². The summed E-state index contributed by atoms with van der Waals surface area (Å²) in [5, 5.41) is 2.65. The molecule has 4 rings (SSSR count). The lowest BCUT2D eigenvalue weighted by atomic mass is 10.2. The molecule has 1 fully saturated rings. The summed E-state index contributed by atoms with van der Waals surface area (Å²) in [6.45, 7) is 1.59. The van der Waals surface area contributed by atoms with Crippen molar-refractivity contribution >= 4 is 33.0 Å². The molecule has 3 aromatic carbocycles. The number of para-hydroxylation sites is 2. The van der Waals surface area contributed by atoms with E-state index in [2.05, 4.69) is 5.32 Å². The lowest BCUT2D eigenvalue weighted by Gasteiger charge is -2.22. The van der Waals surface area contributed by atoms with E-state index >= 15 is 0 Å². The Morgan fingerprint density at radius 1 is 0.969 bits per heavy atom. The Hall–Kier alpha value is -3.39. The number of nitrogens with one attached hydrogen (secondary N) is 1. The van der Waals surface area contributed by atoms with Gasteiger partial charge in [-0.3, -0.25) is 9.10 Å². The highest BCUT2D eigenvalue weighted by atomic mass is 32.2. The summed E-state index contributed by atoms with van der Waals surface area (Å²) in [5.41, 5.74) is 1.37. The van der Waals surface area contributed by atoms with Gasteiger partial charge in [-0.05, 0) is 55.3 Å². The zero-order valence-corrected chi connectivity index (χ0v) is 18.5. The second kappa shape index (κ2) is 9.00. The number of sulfonamides is 1. The number of nitrogens with zero attached hydrogens (tertiary/aromatic N) is 2. The van der Waals surface area contributed by atoms with Gasteiger partial charge in [-0.15, -0.1) is 0 Å². The van der Waals surface area contributed by atoms with E-state index in [9.17, 15) is 17.6 Å². The van der Waals surface area contributed by atoms with Crippen molar-refractivity contribution in [2.75, 3.05) is 34.7 Å². The van der Waals surface area contributed by atoms with E-state index in [1.54, 1.807) is 42.5 Å². The summed E-state index contributed by atoms with van der Waals surface area (Å²) >= 11 is 0. The summed E-state index contributed by atoms with van der Waals surface area (Å²) < 4.78 is 41.9. The maximum Gasteiger partial charge on any atom is 0.264 e. The molecule has 0 bridgehead atoms. The molecule has 0 atom stereocenters. The molecule has 1 amide bonds. The fourth-order valence-corrected chi connectivity index (χ4v) is 5.02. The molecule has 0 spiro atoms. The maximum absolute atomic E-state index is 14.6. The Balaban J connectivity index is 1.61. The van der Waals surface area contributed by atoms with Crippen LogP contribution in [0.5, 0.6) is 0 Å². The van der Waals surface area contributed by atoms with Gasteiger partial charge in [-0.25, -0.2) is 12.8 Å². The van der Waals surface area contributed by atoms with Gasteiger partial charge in [0.2, 0.25) is 0 Å². The van der Waals surface area contributed by atoms with E-state index < -0.39 is 21.7 Å².